The molecule has 0 saturated heterocycles. The summed E-state index contributed by atoms with van der Waals surface area (Å²) in [6, 6.07) is 18.6. The number of hydrogen-bond acceptors (Lipinski definition) is 9. The molecule has 0 saturated carbocycles. The number of aliphatic hydroxyl groups excluding tert-OH is 1. The number of benzene rings is 3. The number of amides is 1. The first-order chi connectivity index (χ1) is 19.8. The summed E-state index contributed by atoms with van der Waals surface area (Å²) in [6.07, 6.45) is 2.92. The molecule has 2 N–H and O–H groups in total. The summed E-state index contributed by atoms with van der Waals surface area (Å²) >= 11 is 11.9. The molecule has 0 aliphatic carbocycles. The van der Waals surface area contributed by atoms with E-state index in [0.29, 0.717) is 20.7 Å². The van der Waals surface area contributed by atoms with Gasteiger partial charge in [-0.15, -0.1) is 10.2 Å². The fourth-order valence-corrected chi connectivity index (χ4v) is 6.60. The van der Waals surface area contributed by atoms with E-state index in [2.05, 4.69) is 26.1 Å². The van der Waals surface area contributed by atoms with Crippen LogP contribution in [0.25, 0.3) is 6.08 Å². The molecule has 0 fully saturated rings. The highest BCUT2D eigenvalue weighted by atomic mass is 79.9. The van der Waals surface area contributed by atoms with Crippen molar-refractivity contribution in [2.75, 3.05) is 12.0 Å². The Hall–Kier alpha value is -3.64. The van der Waals surface area contributed by atoms with Gasteiger partial charge in [0.1, 0.15) is 0 Å². The number of hydrogen-bond donors (Lipinski definition) is 2. The van der Waals surface area contributed by atoms with E-state index in [0.717, 1.165) is 22.5 Å². The molecule has 1 aliphatic heterocycles. The molecule has 8 nitrogen and oxygen atoms in total. The first-order valence-corrected chi connectivity index (χ1v) is 15.1. The molecular weight excluding hydrogens is 650 g/mol. The van der Waals surface area contributed by atoms with Gasteiger partial charge in [-0.05, 0) is 63.0 Å². The van der Waals surface area contributed by atoms with Gasteiger partial charge in [0.15, 0.2) is 27.4 Å². The second kappa shape index (κ2) is 12.5. The van der Waals surface area contributed by atoms with Crippen molar-refractivity contribution in [3.8, 4) is 11.5 Å². The van der Waals surface area contributed by atoms with Crippen molar-refractivity contribution in [3.05, 3.63) is 110 Å². The van der Waals surface area contributed by atoms with E-state index in [1.807, 2.05) is 42.5 Å². The lowest BCUT2D eigenvalue weighted by molar-refractivity contribution is -0.117. The predicted octanol–water partition coefficient (Wildman–Crippen LogP) is 7.14. The number of anilines is 1. The molecule has 2 heterocycles. The highest BCUT2D eigenvalue weighted by molar-refractivity contribution is 9.10. The number of phenols is 1. The second-order valence-corrected chi connectivity index (χ2v) is 12.2. The van der Waals surface area contributed by atoms with Gasteiger partial charge in [-0.3, -0.25) is 14.5 Å². The quantitative estimate of drug-likeness (QED) is 0.110. The Labute approximate surface area is 257 Å². The number of aromatic nitrogens is 2. The lowest BCUT2D eigenvalue weighted by Crippen LogP contribution is -2.31. The molecule has 41 heavy (non-hydrogen) atoms. The van der Waals surface area contributed by atoms with E-state index in [1.165, 1.54) is 35.9 Å². The van der Waals surface area contributed by atoms with Gasteiger partial charge in [-0.25, -0.2) is 0 Å². The molecule has 5 rings (SSSR count). The number of ketones is 1. The minimum absolute atomic E-state index is 0.122. The molecular formula is C29H21BrClN3O5S2. The molecule has 0 radical (unpaired) electrons. The summed E-state index contributed by atoms with van der Waals surface area (Å²) in [5.41, 5.74) is 2.09. The molecule has 1 aromatic heterocycles. The molecule has 4 aromatic rings. The van der Waals surface area contributed by atoms with Gasteiger partial charge in [0.25, 0.3) is 5.91 Å². The first kappa shape index (κ1) is 28.9. The Balaban J connectivity index is 1.51. The van der Waals surface area contributed by atoms with Crippen LogP contribution in [0.3, 0.4) is 0 Å². The van der Waals surface area contributed by atoms with E-state index in [1.54, 1.807) is 24.3 Å². The zero-order chi connectivity index (χ0) is 29.1. The monoisotopic (exact) mass is 669 g/mol. The number of halogens is 2. The van der Waals surface area contributed by atoms with Crippen LogP contribution in [-0.4, -0.2) is 39.2 Å². The lowest BCUT2D eigenvalue weighted by Gasteiger charge is -2.24. The van der Waals surface area contributed by atoms with Gasteiger partial charge in [0.2, 0.25) is 5.13 Å². The van der Waals surface area contributed by atoms with Crippen molar-refractivity contribution in [1.29, 1.82) is 0 Å². The van der Waals surface area contributed by atoms with E-state index in [-0.39, 0.29) is 26.7 Å². The highest BCUT2D eigenvalue weighted by Crippen LogP contribution is 2.46. The number of methoxy groups -OCH3 is 1. The van der Waals surface area contributed by atoms with Crippen LogP contribution in [0.15, 0.2) is 93.0 Å². The Kier molecular flexibility index (Phi) is 8.79. The van der Waals surface area contributed by atoms with Crippen molar-refractivity contribution in [2.24, 2.45) is 0 Å². The van der Waals surface area contributed by atoms with Gasteiger partial charge in [-0.2, -0.15) is 0 Å². The molecule has 0 spiro atoms. The third-order valence-corrected chi connectivity index (χ3v) is 9.15. The number of carbonyl (C=O) groups is 2. The van der Waals surface area contributed by atoms with Gasteiger partial charge < -0.3 is 14.9 Å². The second-order valence-electron chi connectivity index (χ2n) is 8.77. The zero-order valence-corrected chi connectivity index (χ0v) is 25.3. The van der Waals surface area contributed by atoms with Crippen LogP contribution in [0, 0.1) is 0 Å². The Morgan fingerprint density at radius 2 is 1.88 bits per heavy atom. The number of aromatic hydroxyl groups is 1. The summed E-state index contributed by atoms with van der Waals surface area (Å²) in [4.78, 5) is 28.2. The fraction of sp³-hybridized carbons (Fsp3) is 0.103. The van der Waals surface area contributed by atoms with Crippen LogP contribution in [0.4, 0.5) is 5.13 Å². The average Bonchev–Trinajstić information content (AvgIpc) is 3.55. The van der Waals surface area contributed by atoms with Gasteiger partial charge in [-0.1, -0.05) is 83.2 Å². The molecule has 1 amide bonds. The third kappa shape index (κ3) is 6.18. The number of thioether (sulfide) groups is 1. The number of carbonyl (C=O) groups excluding carboxylic acids is 2. The topological polar surface area (TPSA) is 113 Å². The van der Waals surface area contributed by atoms with Gasteiger partial charge in [0.05, 0.1) is 23.2 Å². The first-order valence-electron chi connectivity index (χ1n) is 12.1. The number of ether oxygens (including phenoxy) is 1. The number of rotatable bonds is 9. The van der Waals surface area contributed by atoms with Crippen LogP contribution in [0.5, 0.6) is 11.5 Å². The Morgan fingerprint density at radius 3 is 2.59 bits per heavy atom. The molecule has 12 heteroatoms. The smallest absolute Gasteiger partial charge is 0.296 e. The maximum atomic E-state index is 13.5. The normalized spacial score (nSPS) is 15.2. The van der Waals surface area contributed by atoms with Crippen LogP contribution in [0.2, 0.25) is 5.02 Å². The molecule has 1 unspecified atom stereocenters. The molecule has 0 bridgehead atoms. The number of allylic oxidation sites excluding steroid dienone is 1. The SMILES string of the molecule is COc1cc(C2C(C(=O)C=Cc3ccccc3)=C(O)C(=O)N2c2nnc(SCc3ccc(Cl)cc3)s2)cc(Br)c1O. The van der Waals surface area contributed by atoms with Crippen molar-refractivity contribution in [1.82, 2.24) is 10.2 Å². The van der Waals surface area contributed by atoms with Crippen LogP contribution in [-0.2, 0) is 15.3 Å². The summed E-state index contributed by atoms with van der Waals surface area (Å²) in [5, 5.41) is 30.7. The minimum atomic E-state index is -1.07. The fourth-order valence-electron chi connectivity index (χ4n) is 4.19. The number of aliphatic hydroxyl groups is 1. The largest absolute Gasteiger partial charge is 0.503 e. The number of nitrogens with zero attached hydrogens (tertiary/aromatic N) is 3. The Morgan fingerprint density at radius 1 is 1.15 bits per heavy atom. The van der Waals surface area contributed by atoms with E-state index < -0.39 is 23.5 Å². The Bertz CT molecular complexity index is 1680. The van der Waals surface area contributed by atoms with Crippen molar-refractivity contribution < 1.29 is 24.5 Å². The van der Waals surface area contributed by atoms with Crippen LogP contribution < -0.4 is 9.64 Å². The van der Waals surface area contributed by atoms with Crippen molar-refractivity contribution in [3.63, 3.8) is 0 Å². The third-order valence-electron chi connectivity index (χ3n) is 6.16. The van der Waals surface area contributed by atoms with Gasteiger partial charge >= 0.3 is 0 Å². The molecule has 1 aliphatic rings. The molecule has 1 atom stereocenters. The highest BCUT2D eigenvalue weighted by Gasteiger charge is 2.45. The lowest BCUT2D eigenvalue weighted by atomic mass is 9.95. The van der Waals surface area contributed by atoms with Crippen LogP contribution in [0.1, 0.15) is 22.7 Å². The van der Waals surface area contributed by atoms with E-state index in [9.17, 15) is 19.8 Å². The maximum absolute atomic E-state index is 13.5. The minimum Gasteiger partial charge on any atom is -0.503 e. The zero-order valence-electron chi connectivity index (χ0n) is 21.3. The maximum Gasteiger partial charge on any atom is 0.296 e. The van der Waals surface area contributed by atoms with Crippen LogP contribution >= 0.6 is 50.6 Å². The van der Waals surface area contributed by atoms with Crippen molar-refractivity contribution in [2.45, 2.75) is 16.1 Å². The standard InChI is InChI=1S/C29H21BrClN3O5S2/c1-39-22-14-18(13-20(30)25(22)36)24-23(21(35)12-9-16-5-3-2-4-6-16)26(37)27(38)34(24)28-32-33-29(41-28)40-15-17-7-10-19(31)11-8-17/h2-14,24,36-37H,15H2,1H3. The number of phenolic OH excluding ortho intramolecular Hbond substituents is 1. The summed E-state index contributed by atoms with van der Waals surface area (Å²) in [5.74, 6) is -1.46. The average molecular weight is 671 g/mol. The van der Waals surface area contributed by atoms with E-state index >= 15 is 0 Å². The predicted molar refractivity (Wildman–Crippen MR) is 164 cm³/mol. The molecule has 3 aromatic carbocycles. The van der Waals surface area contributed by atoms with Crippen molar-refractivity contribution >= 4 is 73.5 Å². The summed E-state index contributed by atoms with van der Waals surface area (Å²) in [6.45, 7) is 0. The van der Waals surface area contributed by atoms with Gasteiger partial charge in [0, 0.05) is 10.8 Å². The molecule has 208 valence electrons. The summed E-state index contributed by atoms with van der Waals surface area (Å²) in [7, 11) is 1.39. The van der Waals surface area contributed by atoms with E-state index in [4.69, 9.17) is 16.3 Å². The summed E-state index contributed by atoms with van der Waals surface area (Å²) < 4.78 is 6.19.